The quantitative estimate of drug-likeness (QED) is 0.543. The largest absolute Gasteiger partial charge is 0.500 e. The molecule has 0 amide bonds. The fourth-order valence-corrected chi connectivity index (χ4v) is 5.06. The zero-order valence-corrected chi connectivity index (χ0v) is 11.8. The number of hydrogen-bond donors (Lipinski definition) is 0. The SMILES string of the molecule is CCO[Si]1(CCCSC(C)=O)OCCCO1. The molecule has 0 N–H and O–H groups in total. The average Bonchev–Trinajstić information content (AvgIpc) is 2.26. The van der Waals surface area contributed by atoms with E-state index in [0.29, 0.717) is 6.61 Å². The van der Waals surface area contributed by atoms with Crippen LogP contribution < -0.4 is 0 Å². The first-order valence-corrected chi connectivity index (χ1v) is 8.65. The lowest BCUT2D eigenvalue weighted by Crippen LogP contribution is -2.49. The molecule has 94 valence electrons. The summed E-state index contributed by atoms with van der Waals surface area (Å²) in [4.78, 5) is 10.8. The van der Waals surface area contributed by atoms with Crippen molar-refractivity contribution < 1.29 is 18.1 Å². The second kappa shape index (κ2) is 7.44. The number of rotatable bonds is 6. The summed E-state index contributed by atoms with van der Waals surface area (Å²) in [5, 5.41) is 0.164. The highest BCUT2D eigenvalue weighted by Gasteiger charge is 2.42. The first-order chi connectivity index (χ1) is 7.68. The molecular formula is C10H20O4SSi. The van der Waals surface area contributed by atoms with Gasteiger partial charge < -0.3 is 13.3 Å². The monoisotopic (exact) mass is 264 g/mol. The third kappa shape index (κ3) is 4.97. The molecule has 0 spiro atoms. The lowest BCUT2D eigenvalue weighted by Gasteiger charge is -2.32. The number of thioether (sulfide) groups is 1. The van der Waals surface area contributed by atoms with Gasteiger partial charge in [-0.3, -0.25) is 4.79 Å². The summed E-state index contributed by atoms with van der Waals surface area (Å²) in [6.45, 7) is 5.67. The van der Waals surface area contributed by atoms with E-state index in [-0.39, 0.29) is 5.12 Å². The molecular weight excluding hydrogens is 244 g/mol. The van der Waals surface area contributed by atoms with Crippen molar-refractivity contribution in [1.82, 2.24) is 0 Å². The van der Waals surface area contributed by atoms with Crippen LogP contribution in [0.3, 0.4) is 0 Å². The second-order valence-electron chi connectivity index (χ2n) is 3.61. The molecule has 1 aliphatic rings. The Morgan fingerprint density at radius 2 is 2.12 bits per heavy atom. The van der Waals surface area contributed by atoms with Crippen molar-refractivity contribution in [3.63, 3.8) is 0 Å². The van der Waals surface area contributed by atoms with E-state index >= 15 is 0 Å². The summed E-state index contributed by atoms with van der Waals surface area (Å²) >= 11 is 1.35. The van der Waals surface area contributed by atoms with Gasteiger partial charge >= 0.3 is 8.80 Å². The van der Waals surface area contributed by atoms with Crippen LogP contribution in [0.25, 0.3) is 0 Å². The fraction of sp³-hybridized carbons (Fsp3) is 0.900. The van der Waals surface area contributed by atoms with Crippen LogP contribution in [0.15, 0.2) is 0 Å². The molecule has 4 nitrogen and oxygen atoms in total. The van der Waals surface area contributed by atoms with Crippen LogP contribution in [0.5, 0.6) is 0 Å². The third-order valence-corrected chi connectivity index (χ3v) is 6.11. The molecule has 6 heteroatoms. The summed E-state index contributed by atoms with van der Waals surface area (Å²) in [6.07, 6.45) is 1.86. The Kier molecular flexibility index (Phi) is 6.60. The smallest absolute Gasteiger partial charge is 0.374 e. The minimum absolute atomic E-state index is 0.164. The van der Waals surface area contributed by atoms with Crippen LogP contribution in [0.1, 0.15) is 26.7 Å². The van der Waals surface area contributed by atoms with Gasteiger partial charge in [0.1, 0.15) is 0 Å². The predicted molar refractivity (Wildman–Crippen MR) is 66.5 cm³/mol. The third-order valence-electron chi connectivity index (χ3n) is 2.23. The maximum absolute atomic E-state index is 10.8. The van der Waals surface area contributed by atoms with Crippen molar-refractivity contribution in [3.8, 4) is 0 Å². The van der Waals surface area contributed by atoms with E-state index in [1.807, 2.05) is 6.92 Å². The molecule has 0 aliphatic carbocycles. The van der Waals surface area contributed by atoms with Gasteiger partial charge in [0.15, 0.2) is 5.12 Å². The molecule has 0 saturated carbocycles. The van der Waals surface area contributed by atoms with Gasteiger partial charge in [0, 0.05) is 38.5 Å². The Balaban J connectivity index is 2.29. The number of carbonyl (C=O) groups excluding carboxylic acids is 1. The van der Waals surface area contributed by atoms with Crippen molar-refractivity contribution >= 4 is 25.7 Å². The highest BCUT2D eigenvalue weighted by molar-refractivity contribution is 8.13. The number of carbonyl (C=O) groups is 1. The highest BCUT2D eigenvalue weighted by Crippen LogP contribution is 2.23. The highest BCUT2D eigenvalue weighted by atomic mass is 32.2. The minimum atomic E-state index is -2.38. The molecule has 0 radical (unpaired) electrons. The summed E-state index contributed by atoms with van der Waals surface area (Å²) in [5.74, 6) is 0.823. The Hall–Kier alpha value is 0.117. The first-order valence-electron chi connectivity index (χ1n) is 5.74. The van der Waals surface area contributed by atoms with E-state index in [0.717, 1.165) is 37.9 Å². The molecule has 1 aliphatic heterocycles. The molecule has 0 aromatic heterocycles. The van der Waals surface area contributed by atoms with Gasteiger partial charge in [-0.1, -0.05) is 11.8 Å². The van der Waals surface area contributed by atoms with Crippen LogP contribution in [-0.4, -0.2) is 39.5 Å². The van der Waals surface area contributed by atoms with Crippen LogP contribution in [0.4, 0.5) is 0 Å². The molecule has 0 aromatic carbocycles. The van der Waals surface area contributed by atoms with E-state index < -0.39 is 8.80 Å². The molecule has 1 saturated heterocycles. The lowest BCUT2D eigenvalue weighted by atomic mass is 10.5. The zero-order chi connectivity index (χ0) is 11.9. The normalized spacial score (nSPS) is 19.6. The molecule has 1 rings (SSSR count). The average molecular weight is 264 g/mol. The molecule has 1 fully saturated rings. The molecule has 0 atom stereocenters. The van der Waals surface area contributed by atoms with Crippen LogP contribution >= 0.6 is 11.8 Å². The molecule has 0 aromatic rings. The van der Waals surface area contributed by atoms with Gasteiger partial charge in [0.05, 0.1) is 0 Å². The Morgan fingerprint density at radius 3 is 2.69 bits per heavy atom. The van der Waals surface area contributed by atoms with E-state index in [1.165, 1.54) is 11.8 Å². The maximum atomic E-state index is 10.8. The van der Waals surface area contributed by atoms with Crippen molar-refractivity contribution in [2.45, 2.75) is 32.7 Å². The Labute approximate surface area is 102 Å². The standard InChI is InChI=1S/C10H20O4SSi/c1-3-12-16(13-6-4-7-14-16)9-5-8-15-10(2)11/h3-9H2,1-2H3. The maximum Gasteiger partial charge on any atom is 0.500 e. The molecule has 0 unspecified atom stereocenters. The van der Waals surface area contributed by atoms with E-state index in [1.54, 1.807) is 6.92 Å². The van der Waals surface area contributed by atoms with Crippen LogP contribution in [-0.2, 0) is 18.1 Å². The van der Waals surface area contributed by atoms with E-state index in [9.17, 15) is 4.79 Å². The van der Waals surface area contributed by atoms with Crippen LogP contribution in [0, 0.1) is 0 Å². The first kappa shape index (κ1) is 14.2. The lowest BCUT2D eigenvalue weighted by molar-refractivity contribution is -0.109. The van der Waals surface area contributed by atoms with Crippen molar-refractivity contribution in [1.29, 1.82) is 0 Å². The van der Waals surface area contributed by atoms with Gasteiger partial charge in [-0.25, -0.2) is 0 Å². The second-order valence-corrected chi connectivity index (χ2v) is 7.61. The Bertz CT molecular complexity index is 213. The van der Waals surface area contributed by atoms with E-state index in [2.05, 4.69) is 0 Å². The molecule has 0 bridgehead atoms. The van der Waals surface area contributed by atoms with Crippen LogP contribution in [0.2, 0.25) is 6.04 Å². The van der Waals surface area contributed by atoms with Gasteiger partial charge in [-0.05, 0) is 19.8 Å². The fourth-order valence-electron chi connectivity index (χ4n) is 1.58. The van der Waals surface area contributed by atoms with Crippen molar-refractivity contribution in [2.24, 2.45) is 0 Å². The summed E-state index contributed by atoms with van der Waals surface area (Å²) in [5.41, 5.74) is 0. The summed E-state index contributed by atoms with van der Waals surface area (Å²) in [7, 11) is -2.38. The van der Waals surface area contributed by atoms with Gasteiger partial charge in [0.2, 0.25) is 0 Å². The summed E-state index contributed by atoms with van der Waals surface area (Å²) < 4.78 is 17.1. The van der Waals surface area contributed by atoms with Crippen molar-refractivity contribution in [3.05, 3.63) is 0 Å². The van der Waals surface area contributed by atoms with Gasteiger partial charge in [-0.15, -0.1) is 0 Å². The predicted octanol–water partition coefficient (Wildman–Crippen LogP) is 2.07. The summed E-state index contributed by atoms with van der Waals surface area (Å²) in [6, 6.07) is 0.821. The molecule has 1 heterocycles. The van der Waals surface area contributed by atoms with Crippen molar-refractivity contribution in [2.75, 3.05) is 25.6 Å². The topological polar surface area (TPSA) is 44.8 Å². The molecule has 16 heavy (non-hydrogen) atoms. The number of hydrogen-bond acceptors (Lipinski definition) is 5. The van der Waals surface area contributed by atoms with Gasteiger partial charge in [0.25, 0.3) is 0 Å². The zero-order valence-electron chi connectivity index (χ0n) is 9.99. The Morgan fingerprint density at radius 1 is 1.44 bits per heavy atom. The van der Waals surface area contributed by atoms with Gasteiger partial charge in [-0.2, -0.15) is 0 Å². The van der Waals surface area contributed by atoms with E-state index in [4.69, 9.17) is 13.3 Å². The minimum Gasteiger partial charge on any atom is -0.374 e.